The summed E-state index contributed by atoms with van der Waals surface area (Å²) >= 11 is 15.8. The van der Waals surface area contributed by atoms with Crippen LogP contribution in [0.2, 0.25) is 10.0 Å². The number of carbonyl (C=O) groups excluding carboxylic acids is 2. The zero-order chi connectivity index (χ0) is 28.7. The first-order valence-corrected chi connectivity index (χ1v) is 15.3. The Morgan fingerprint density at radius 1 is 1.03 bits per heavy atom. The maximum Gasteiger partial charge on any atom is 0.264 e. The van der Waals surface area contributed by atoms with Crippen molar-refractivity contribution in [2.45, 2.75) is 44.7 Å². The van der Waals surface area contributed by atoms with Crippen molar-refractivity contribution in [3.8, 4) is 0 Å². The molecule has 0 heterocycles. The summed E-state index contributed by atoms with van der Waals surface area (Å²) in [5, 5.41) is 3.57. The largest absolute Gasteiger partial charge is 0.354 e. The number of nitrogens with zero attached hydrogens (tertiary/aromatic N) is 2. The van der Waals surface area contributed by atoms with E-state index in [1.54, 1.807) is 61.5 Å². The second-order valence-corrected chi connectivity index (χ2v) is 12.7. The number of nitrogens with one attached hydrogen (secondary N) is 1. The second-order valence-electron chi connectivity index (χ2n) is 9.03. The van der Waals surface area contributed by atoms with Gasteiger partial charge in [-0.3, -0.25) is 13.9 Å². The molecule has 3 rings (SSSR count). The first-order valence-electron chi connectivity index (χ1n) is 12.3. The van der Waals surface area contributed by atoms with Crippen LogP contribution in [0.5, 0.6) is 0 Å². The van der Waals surface area contributed by atoms with Crippen LogP contribution >= 0.6 is 39.1 Å². The number of amides is 2. The van der Waals surface area contributed by atoms with Gasteiger partial charge in [0.15, 0.2) is 0 Å². The third-order valence-electron chi connectivity index (χ3n) is 6.06. The van der Waals surface area contributed by atoms with Gasteiger partial charge in [0.2, 0.25) is 11.8 Å². The van der Waals surface area contributed by atoms with Gasteiger partial charge in [0.1, 0.15) is 12.6 Å². The first kappa shape index (κ1) is 30.9. The maximum atomic E-state index is 13.9. The molecule has 1 N–H and O–H groups in total. The molecule has 0 saturated carbocycles. The lowest BCUT2D eigenvalue weighted by atomic mass is 10.1. The van der Waals surface area contributed by atoms with Crippen LogP contribution in [0, 0.1) is 6.92 Å². The van der Waals surface area contributed by atoms with E-state index in [4.69, 9.17) is 23.2 Å². The maximum absolute atomic E-state index is 13.9. The molecule has 0 fully saturated rings. The summed E-state index contributed by atoms with van der Waals surface area (Å²) in [4.78, 5) is 28.2. The Labute approximate surface area is 248 Å². The number of aryl methyl sites for hydroxylation is 1. The quantitative estimate of drug-likeness (QED) is 0.267. The molecule has 0 aliphatic rings. The summed E-state index contributed by atoms with van der Waals surface area (Å²) in [5.74, 6) is -0.929. The monoisotopic (exact) mass is 653 g/mol. The average molecular weight is 655 g/mol. The number of hydrogen-bond donors (Lipinski definition) is 1. The molecule has 0 aliphatic carbocycles. The zero-order valence-corrected chi connectivity index (χ0v) is 25.7. The van der Waals surface area contributed by atoms with E-state index in [1.807, 2.05) is 13.8 Å². The molecule has 7 nitrogen and oxygen atoms in total. The van der Waals surface area contributed by atoms with E-state index < -0.39 is 28.5 Å². The van der Waals surface area contributed by atoms with Gasteiger partial charge >= 0.3 is 0 Å². The predicted octanol–water partition coefficient (Wildman–Crippen LogP) is 6.20. The fraction of sp³-hybridized carbons (Fsp3) is 0.286. The van der Waals surface area contributed by atoms with Crippen LogP contribution < -0.4 is 9.62 Å². The number of carbonyl (C=O) groups is 2. The van der Waals surface area contributed by atoms with Crippen LogP contribution in [0.3, 0.4) is 0 Å². The summed E-state index contributed by atoms with van der Waals surface area (Å²) in [6, 6.07) is 17.1. The Kier molecular flexibility index (Phi) is 10.8. The molecule has 0 aromatic heterocycles. The van der Waals surface area contributed by atoms with Crippen LogP contribution in [0.15, 0.2) is 76.1 Å². The minimum Gasteiger partial charge on any atom is -0.354 e. The van der Waals surface area contributed by atoms with Crippen molar-refractivity contribution in [3.05, 3.63) is 92.4 Å². The van der Waals surface area contributed by atoms with Crippen molar-refractivity contribution in [1.29, 1.82) is 0 Å². The molecule has 0 spiro atoms. The summed E-state index contributed by atoms with van der Waals surface area (Å²) in [5.41, 5.74) is 1.77. The van der Waals surface area contributed by atoms with Crippen molar-refractivity contribution in [3.63, 3.8) is 0 Å². The van der Waals surface area contributed by atoms with Gasteiger partial charge in [0, 0.05) is 27.6 Å². The van der Waals surface area contributed by atoms with Crippen LogP contribution in [0.25, 0.3) is 0 Å². The Hall–Kier alpha value is -2.59. The molecule has 3 aromatic carbocycles. The van der Waals surface area contributed by atoms with Gasteiger partial charge < -0.3 is 10.2 Å². The highest BCUT2D eigenvalue weighted by molar-refractivity contribution is 9.10. The predicted molar refractivity (Wildman–Crippen MR) is 160 cm³/mol. The normalized spacial score (nSPS) is 12.1. The standard InChI is InChI=1S/C28H30BrCl2N3O4S/c1-4-14-32-28(36)20(3)33(17-21-10-11-23(30)16-26(21)31)27(35)18-34(24-7-5-6-22(29)15-24)39(37,38)25-12-8-19(2)9-13-25/h5-13,15-16,20H,4,14,17-18H2,1-3H3,(H,32,36)/t20-/m1/s1. The van der Waals surface area contributed by atoms with Gasteiger partial charge in [-0.15, -0.1) is 0 Å². The molecular formula is C28H30BrCl2N3O4S. The highest BCUT2D eigenvalue weighted by atomic mass is 79.9. The van der Waals surface area contributed by atoms with Crippen molar-refractivity contribution >= 4 is 66.7 Å². The molecule has 0 radical (unpaired) electrons. The lowest BCUT2D eigenvalue weighted by Crippen LogP contribution is -2.51. The summed E-state index contributed by atoms with van der Waals surface area (Å²) < 4.78 is 29.4. The lowest BCUT2D eigenvalue weighted by Gasteiger charge is -2.32. The van der Waals surface area contributed by atoms with Crippen molar-refractivity contribution in [1.82, 2.24) is 10.2 Å². The van der Waals surface area contributed by atoms with Gasteiger partial charge in [0.05, 0.1) is 10.6 Å². The van der Waals surface area contributed by atoms with E-state index in [0.717, 1.165) is 16.3 Å². The summed E-state index contributed by atoms with van der Waals surface area (Å²) in [7, 11) is -4.14. The number of anilines is 1. The number of sulfonamides is 1. The zero-order valence-electron chi connectivity index (χ0n) is 21.8. The highest BCUT2D eigenvalue weighted by Crippen LogP contribution is 2.28. The van der Waals surface area contributed by atoms with E-state index in [9.17, 15) is 18.0 Å². The first-order chi connectivity index (χ1) is 18.4. The average Bonchev–Trinajstić information content (AvgIpc) is 2.89. The third kappa shape index (κ3) is 7.97. The fourth-order valence-corrected chi connectivity index (χ4v) is 6.07. The van der Waals surface area contributed by atoms with Crippen LogP contribution in [0.1, 0.15) is 31.4 Å². The fourth-order valence-electron chi connectivity index (χ4n) is 3.81. The van der Waals surface area contributed by atoms with Gasteiger partial charge in [-0.2, -0.15) is 0 Å². The van der Waals surface area contributed by atoms with Crippen LogP contribution in [-0.2, 0) is 26.2 Å². The lowest BCUT2D eigenvalue weighted by molar-refractivity contribution is -0.139. The molecule has 11 heteroatoms. The SMILES string of the molecule is CCCNC(=O)[C@@H](C)N(Cc1ccc(Cl)cc1Cl)C(=O)CN(c1cccc(Br)c1)S(=O)(=O)c1ccc(C)cc1. The van der Waals surface area contributed by atoms with Crippen LogP contribution in [0.4, 0.5) is 5.69 Å². The van der Waals surface area contributed by atoms with Crippen molar-refractivity contribution in [2.24, 2.45) is 0 Å². The summed E-state index contributed by atoms with van der Waals surface area (Å²) in [6.45, 7) is 5.27. The molecule has 208 valence electrons. The van der Waals surface area contributed by atoms with Gasteiger partial charge in [-0.05, 0) is 68.3 Å². The van der Waals surface area contributed by atoms with Crippen molar-refractivity contribution in [2.75, 3.05) is 17.4 Å². The third-order valence-corrected chi connectivity index (χ3v) is 8.92. The molecule has 0 unspecified atom stereocenters. The van der Waals surface area contributed by atoms with E-state index >= 15 is 0 Å². The summed E-state index contributed by atoms with van der Waals surface area (Å²) in [6.07, 6.45) is 0.723. The Morgan fingerprint density at radius 3 is 2.33 bits per heavy atom. The molecule has 3 aromatic rings. The van der Waals surface area contributed by atoms with Gasteiger partial charge in [-0.1, -0.05) is 75.9 Å². The number of halogens is 3. The number of benzene rings is 3. The molecule has 2 amide bonds. The molecule has 1 atom stereocenters. The molecule has 0 saturated heterocycles. The highest BCUT2D eigenvalue weighted by Gasteiger charge is 2.32. The van der Waals surface area contributed by atoms with E-state index in [0.29, 0.717) is 32.3 Å². The van der Waals surface area contributed by atoms with Gasteiger partial charge in [-0.25, -0.2) is 8.42 Å². The minimum absolute atomic E-state index is 0.0214. The van der Waals surface area contributed by atoms with E-state index in [1.165, 1.54) is 17.0 Å². The Balaban J connectivity index is 2.04. The molecule has 39 heavy (non-hydrogen) atoms. The number of hydrogen-bond acceptors (Lipinski definition) is 4. The van der Waals surface area contributed by atoms with E-state index in [-0.39, 0.29) is 17.3 Å². The van der Waals surface area contributed by atoms with Gasteiger partial charge in [0.25, 0.3) is 10.0 Å². The number of rotatable bonds is 11. The van der Waals surface area contributed by atoms with E-state index in [2.05, 4.69) is 21.2 Å². The molecule has 0 aliphatic heterocycles. The smallest absolute Gasteiger partial charge is 0.264 e. The molecular weight excluding hydrogens is 625 g/mol. The Morgan fingerprint density at radius 2 is 1.72 bits per heavy atom. The Bertz CT molecular complexity index is 1430. The minimum atomic E-state index is -4.14. The molecule has 0 bridgehead atoms. The topological polar surface area (TPSA) is 86.8 Å². The van der Waals surface area contributed by atoms with Crippen molar-refractivity contribution < 1.29 is 18.0 Å². The second kappa shape index (κ2) is 13.7. The van der Waals surface area contributed by atoms with Crippen LogP contribution in [-0.4, -0.2) is 44.3 Å².